The monoisotopic (exact) mass is 205 g/mol. The molecule has 1 heterocycles. The fraction of sp³-hybridized carbons (Fsp3) is 0.364. The van der Waals surface area contributed by atoms with Gasteiger partial charge in [0, 0.05) is 19.3 Å². The number of oxazole rings is 1. The Balaban J connectivity index is 2.38. The predicted octanol–water partition coefficient (Wildman–Crippen LogP) is 2.26. The van der Waals surface area contributed by atoms with Crippen LogP contribution >= 0.6 is 0 Å². The molecule has 0 spiro atoms. The lowest BCUT2D eigenvalue weighted by atomic mass is 10.3. The van der Waals surface area contributed by atoms with E-state index in [-0.39, 0.29) is 0 Å². The molecule has 4 heteroatoms. The Morgan fingerprint density at radius 2 is 2.27 bits per heavy atom. The summed E-state index contributed by atoms with van der Waals surface area (Å²) in [4.78, 5) is 6.37. The van der Waals surface area contributed by atoms with Gasteiger partial charge in [0.25, 0.3) is 6.01 Å². The first-order valence-corrected chi connectivity index (χ1v) is 5.08. The largest absolute Gasteiger partial charge is 0.423 e. The van der Waals surface area contributed by atoms with Gasteiger partial charge in [-0.1, -0.05) is 6.92 Å². The normalized spacial score (nSPS) is 10.8. The summed E-state index contributed by atoms with van der Waals surface area (Å²) in [5.41, 5.74) is 7.97. The summed E-state index contributed by atoms with van der Waals surface area (Å²) in [6, 6.07) is 6.14. The van der Waals surface area contributed by atoms with E-state index >= 15 is 0 Å². The van der Waals surface area contributed by atoms with Gasteiger partial charge in [-0.2, -0.15) is 4.98 Å². The van der Waals surface area contributed by atoms with Crippen LogP contribution < -0.4 is 10.6 Å². The van der Waals surface area contributed by atoms with Crippen molar-refractivity contribution in [1.29, 1.82) is 0 Å². The van der Waals surface area contributed by atoms with Gasteiger partial charge in [-0.15, -0.1) is 0 Å². The van der Waals surface area contributed by atoms with Crippen molar-refractivity contribution in [3.05, 3.63) is 18.2 Å². The quantitative estimate of drug-likeness (QED) is 0.781. The van der Waals surface area contributed by atoms with E-state index in [1.54, 1.807) is 0 Å². The molecule has 2 N–H and O–H groups in total. The lowest BCUT2D eigenvalue weighted by molar-refractivity contribution is 0.581. The highest BCUT2D eigenvalue weighted by Gasteiger charge is 2.09. The maximum absolute atomic E-state index is 5.67. The van der Waals surface area contributed by atoms with Crippen LogP contribution in [0, 0.1) is 0 Å². The number of nitrogens with two attached hydrogens (primary N) is 1. The minimum Gasteiger partial charge on any atom is -0.423 e. The van der Waals surface area contributed by atoms with Crippen LogP contribution in [0.3, 0.4) is 0 Å². The molecule has 80 valence electrons. The zero-order valence-corrected chi connectivity index (χ0v) is 9.03. The zero-order chi connectivity index (χ0) is 10.8. The number of rotatable bonds is 3. The van der Waals surface area contributed by atoms with Crippen LogP contribution in [-0.2, 0) is 0 Å². The van der Waals surface area contributed by atoms with E-state index in [2.05, 4.69) is 11.9 Å². The number of benzene rings is 1. The van der Waals surface area contributed by atoms with Gasteiger partial charge in [0.15, 0.2) is 5.58 Å². The van der Waals surface area contributed by atoms with Gasteiger partial charge in [0.2, 0.25) is 0 Å². The molecular formula is C11H15N3O. The first kappa shape index (κ1) is 9.83. The molecule has 4 nitrogen and oxygen atoms in total. The van der Waals surface area contributed by atoms with Gasteiger partial charge in [0.05, 0.1) is 0 Å². The number of anilines is 2. The Labute approximate surface area is 88.7 Å². The second-order valence-corrected chi connectivity index (χ2v) is 3.65. The van der Waals surface area contributed by atoms with Crippen LogP contribution in [0.15, 0.2) is 22.6 Å². The van der Waals surface area contributed by atoms with Crippen molar-refractivity contribution in [1.82, 2.24) is 4.98 Å². The fourth-order valence-corrected chi connectivity index (χ4v) is 1.53. The van der Waals surface area contributed by atoms with Crippen LogP contribution in [0.25, 0.3) is 11.1 Å². The van der Waals surface area contributed by atoms with Gasteiger partial charge in [0.1, 0.15) is 5.52 Å². The summed E-state index contributed by atoms with van der Waals surface area (Å²) in [5, 5.41) is 0. The maximum Gasteiger partial charge on any atom is 0.298 e. The first-order chi connectivity index (χ1) is 7.20. The number of hydrogen-bond donors (Lipinski definition) is 1. The van der Waals surface area contributed by atoms with E-state index in [9.17, 15) is 0 Å². The Morgan fingerprint density at radius 3 is 3.00 bits per heavy atom. The Morgan fingerprint density at radius 1 is 1.47 bits per heavy atom. The number of nitrogens with zero attached hydrogens (tertiary/aromatic N) is 2. The zero-order valence-electron chi connectivity index (χ0n) is 9.03. The first-order valence-electron chi connectivity index (χ1n) is 5.08. The third-order valence-electron chi connectivity index (χ3n) is 2.29. The van der Waals surface area contributed by atoms with Crippen LogP contribution in [0.1, 0.15) is 13.3 Å². The Kier molecular flexibility index (Phi) is 2.49. The second kappa shape index (κ2) is 3.81. The maximum atomic E-state index is 5.67. The number of nitrogen functional groups attached to an aromatic ring is 1. The molecule has 0 radical (unpaired) electrons. The standard InChI is InChI=1S/C11H15N3O/c1-3-6-14(2)11-13-9-7-8(12)4-5-10(9)15-11/h4-5,7H,3,6,12H2,1-2H3. The van der Waals surface area contributed by atoms with Gasteiger partial charge in [-0.3, -0.25) is 0 Å². The Bertz CT molecular complexity index is 464. The van der Waals surface area contributed by atoms with Crippen molar-refractivity contribution in [2.75, 3.05) is 24.2 Å². The van der Waals surface area contributed by atoms with E-state index in [0.29, 0.717) is 11.7 Å². The minimum absolute atomic E-state index is 0.650. The third kappa shape index (κ3) is 1.88. The topological polar surface area (TPSA) is 55.3 Å². The molecule has 0 fully saturated rings. The molecule has 0 saturated heterocycles. The molecule has 1 aromatic carbocycles. The van der Waals surface area contributed by atoms with Crippen LogP contribution in [0.5, 0.6) is 0 Å². The smallest absolute Gasteiger partial charge is 0.298 e. The van der Waals surface area contributed by atoms with Gasteiger partial charge < -0.3 is 15.1 Å². The van der Waals surface area contributed by atoms with Gasteiger partial charge in [-0.05, 0) is 24.6 Å². The summed E-state index contributed by atoms with van der Waals surface area (Å²) >= 11 is 0. The average molecular weight is 205 g/mol. The third-order valence-corrected chi connectivity index (χ3v) is 2.29. The summed E-state index contributed by atoms with van der Waals surface area (Å²) in [6.07, 6.45) is 1.07. The highest BCUT2D eigenvalue weighted by Crippen LogP contribution is 2.22. The molecule has 0 aliphatic heterocycles. The SMILES string of the molecule is CCCN(C)c1nc2cc(N)ccc2o1. The molecule has 0 atom stereocenters. The number of aromatic nitrogens is 1. The summed E-state index contributed by atoms with van der Waals surface area (Å²) in [5.74, 6) is 0. The van der Waals surface area contributed by atoms with Crippen molar-refractivity contribution >= 4 is 22.8 Å². The lowest BCUT2D eigenvalue weighted by Gasteiger charge is -2.11. The molecular weight excluding hydrogens is 190 g/mol. The van der Waals surface area contributed by atoms with Crippen molar-refractivity contribution in [3.8, 4) is 0 Å². The highest BCUT2D eigenvalue weighted by atomic mass is 16.4. The number of fused-ring (bicyclic) bond motifs is 1. The summed E-state index contributed by atoms with van der Waals surface area (Å²) in [6.45, 7) is 3.06. The van der Waals surface area contributed by atoms with Crippen LogP contribution in [0.4, 0.5) is 11.7 Å². The molecule has 0 amide bonds. The van der Waals surface area contributed by atoms with E-state index in [1.807, 2.05) is 30.1 Å². The number of hydrogen-bond acceptors (Lipinski definition) is 4. The molecule has 15 heavy (non-hydrogen) atoms. The molecule has 0 saturated carbocycles. The summed E-state index contributed by atoms with van der Waals surface area (Å²) < 4.78 is 5.60. The summed E-state index contributed by atoms with van der Waals surface area (Å²) in [7, 11) is 1.97. The lowest BCUT2D eigenvalue weighted by Crippen LogP contribution is -2.17. The minimum atomic E-state index is 0.650. The molecule has 0 aliphatic rings. The highest BCUT2D eigenvalue weighted by molar-refractivity contribution is 5.78. The van der Waals surface area contributed by atoms with Gasteiger partial charge in [-0.25, -0.2) is 0 Å². The molecule has 0 bridgehead atoms. The molecule has 0 aliphatic carbocycles. The fourth-order valence-electron chi connectivity index (χ4n) is 1.53. The van der Waals surface area contributed by atoms with Crippen LogP contribution in [-0.4, -0.2) is 18.6 Å². The van der Waals surface area contributed by atoms with E-state index in [1.165, 1.54) is 0 Å². The van der Waals surface area contributed by atoms with Crippen molar-refractivity contribution in [2.24, 2.45) is 0 Å². The molecule has 2 aromatic rings. The van der Waals surface area contributed by atoms with Crippen LogP contribution in [0.2, 0.25) is 0 Å². The van der Waals surface area contributed by atoms with Crippen molar-refractivity contribution < 1.29 is 4.42 Å². The van der Waals surface area contributed by atoms with Gasteiger partial charge >= 0.3 is 0 Å². The molecule has 1 aromatic heterocycles. The molecule has 2 rings (SSSR count). The second-order valence-electron chi connectivity index (χ2n) is 3.65. The van der Waals surface area contributed by atoms with E-state index < -0.39 is 0 Å². The molecule has 0 unspecified atom stereocenters. The van der Waals surface area contributed by atoms with E-state index in [0.717, 1.165) is 24.1 Å². The predicted molar refractivity (Wildman–Crippen MR) is 62.0 cm³/mol. The van der Waals surface area contributed by atoms with E-state index in [4.69, 9.17) is 10.2 Å². The van der Waals surface area contributed by atoms with Crippen molar-refractivity contribution in [2.45, 2.75) is 13.3 Å². The van der Waals surface area contributed by atoms with Crippen molar-refractivity contribution in [3.63, 3.8) is 0 Å². The Hall–Kier alpha value is -1.71. The average Bonchev–Trinajstić information content (AvgIpc) is 2.60.